The zero-order valence-corrected chi connectivity index (χ0v) is 14.6. The summed E-state index contributed by atoms with van der Waals surface area (Å²) in [7, 11) is 1.62. The van der Waals surface area contributed by atoms with Gasteiger partial charge in [-0.25, -0.2) is 0 Å². The van der Waals surface area contributed by atoms with Gasteiger partial charge in [-0.1, -0.05) is 36.4 Å². The molecule has 0 saturated carbocycles. The molecule has 23 heavy (non-hydrogen) atoms. The molecule has 0 saturated heterocycles. The van der Waals surface area contributed by atoms with Gasteiger partial charge in [0.25, 0.3) is 0 Å². The number of hydrogen-bond acceptors (Lipinski definition) is 1. The summed E-state index contributed by atoms with van der Waals surface area (Å²) in [6.45, 7) is 4.35. The third kappa shape index (κ3) is 3.27. The van der Waals surface area contributed by atoms with Gasteiger partial charge in [0.2, 0.25) is 0 Å². The van der Waals surface area contributed by atoms with E-state index in [0.717, 1.165) is 5.75 Å². The molecule has 0 radical (unpaired) electrons. The molecular weight excluding hydrogens is 300 g/mol. The lowest BCUT2D eigenvalue weighted by atomic mass is 10.1. The Kier molecular flexibility index (Phi) is 4.73. The van der Waals surface area contributed by atoms with E-state index in [9.17, 15) is 0 Å². The van der Waals surface area contributed by atoms with E-state index in [1.165, 1.54) is 25.8 Å². The summed E-state index contributed by atoms with van der Waals surface area (Å²) in [5.41, 5.74) is 2.55. The van der Waals surface area contributed by atoms with E-state index in [-0.39, 0.29) is 10.9 Å². The highest BCUT2D eigenvalue weighted by Gasteiger charge is 2.32. The topological polar surface area (TPSA) is 9.23 Å². The largest absolute Gasteiger partial charge is 0.497 e. The van der Waals surface area contributed by atoms with Crippen molar-refractivity contribution in [3.05, 3.63) is 83.9 Å². The first kappa shape index (κ1) is 15.7. The normalized spacial score (nSPS) is 10.8. The van der Waals surface area contributed by atoms with Crippen molar-refractivity contribution in [1.82, 2.24) is 0 Å². The standard InChI is InChI=1S/C21H21OS/c1-16-14-18(22-3)15-17(2)21(16)23(19-10-6-4-7-11-19)20-12-8-5-9-13-20/h4-15H,1-3H3/q+1. The maximum absolute atomic E-state index is 5.43. The SMILES string of the molecule is COc1cc(C)c([S+](c2ccccc2)c2ccccc2)c(C)c1. The second-order valence-corrected chi connectivity index (χ2v) is 7.49. The number of rotatable bonds is 4. The second kappa shape index (κ2) is 6.93. The van der Waals surface area contributed by atoms with Crippen LogP contribution in [0.1, 0.15) is 11.1 Å². The Hall–Kier alpha value is -2.19. The zero-order chi connectivity index (χ0) is 16.2. The highest BCUT2D eigenvalue weighted by atomic mass is 32.2. The molecule has 3 rings (SSSR count). The van der Waals surface area contributed by atoms with Crippen LogP contribution in [-0.4, -0.2) is 7.11 Å². The number of ether oxygens (including phenoxy) is 1. The number of methoxy groups -OCH3 is 1. The highest BCUT2D eigenvalue weighted by molar-refractivity contribution is 7.97. The predicted molar refractivity (Wildman–Crippen MR) is 97.5 cm³/mol. The van der Waals surface area contributed by atoms with Crippen LogP contribution in [-0.2, 0) is 10.9 Å². The van der Waals surface area contributed by atoms with Crippen LogP contribution in [0.15, 0.2) is 87.5 Å². The van der Waals surface area contributed by atoms with Gasteiger partial charge in [0.15, 0.2) is 14.7 Å². The summed E-state index contributed by atoms with van der Waals surface area (Å²) in [6.07, 6.45) is 0. The Labute approximate surface area is 141 Å². The van der Waals surface area contributed by atoms with Crippen molar-refractivity contribution in [3.63, 3.8) is 0 Å². The van der Waals surface area contributed by atoms with Crippen LogP contribution in [0.4, 0.5) is 0 Å². The van der Waals surface area contributed by atoms with Gasteiger partial charge in [-0.05, 0) is 50.2 Å². The van der Waals surface area contributed by atoms with Crippen LogP contribution in [0.25, 0.3) is 0 Å². The Morgan fingerprint density at radius 3 is 1.52 bits per heavy atom. The summed E-state index contributed by atoms with van der Waals surface area (Å²) in [6, 6.07) is 25.8. The molecule has 1 nitrogen and oxygen atoms in total. The van der Waals surface area contributed by atoms with Gasteiger partial charge >= 0.3 is 0 Å². The Balaban J connectivity index is 2.21. The molecule has 0 bridgehead atoms. The van der Waals surface area contributed by atoms with Crippen molar-refractivity contribution >= 4 is 10.9 Å². The summed E-state index contributed by atoms with van der Waals surface area (Å²) in [5.74, 6) is 0.924. The third-order valence-electron chi connectivity index (χ3n) is 3.83. The fourth-order valence-corrected chi connectivity index (χ4v) is 5.20. The quantitative estimate of drug-likeness (QED) is 0.584. The molecule has 0 aliphatic heterocycles. The lowest BCUT2D eigenvalue weighted by molar-refractivity contribution is 0.413. The van der Waals surface area contributed by atoms with E-state index < -0.39 is 0 Å². The van der Waals surface area contributed by atoms with E-state index in [1.54, 1.807) is 7.11 Å². The van der Waals surface area contributed by atoms with Gasteiger partial charge in [0, 0.05) is 11.1 Å². The van der Waals surface area contributed by atoms with Gasteiger partial charge in [-0.15, -0.1) is 0 Å². The van der Waals surface area contributed by atoms with Crippen LogP contribution < -0.4 is 4.74 Å². The van der Waals surface area contributed by atoms with Gasteiger partial charge in [-0.2, -0.15) is 0 Å². The van der Waals surface area contributed by atoms with Gasteiger partial charge in [-0.3, -0.25) is 0 Å². The lowest BCUT2D eigenvalue weighted by Crippen LogP contribution is -2.08. The van der Waals surface area contributed by atoms with Crippen molar-refractivity contribution in [2.45, 2.75) is 28.5 Å². The van der Waals surface area contributed by atoms with Crippen molar-refractivity contribution in [3.8, 4) is 5.75 Å². The molecule has 0 aliphatic rings. The monoisotopic (exact) mass is 321 g/mol. The minimum absolute atomic E-state index is 0.104. The second-order valence-electron chi connectivity index (χ2n) is 5.52. The molecule has 0 heterocycles. The van der Waals surface area contributed by atoms with E-state index >= 15 is 0 Å². The number of hydrogen-bond donors (Lipinski definition) is 0. The molecule has 0 amide bonds. The molecule has 0 aliphatic carbocycles. The average Bonchev–Trinajstić information content (AvgIpc) is 2.59. The van der Waals surface area contributed by atoms with Crippen LogP contribution in [0.3, 0.4) is 0 Å². The van der Waals surface area contributed by atoms with E-state index in [4.69, 9.17) is 4.74 Å². The Morgan fingerprint density at radius 1 is 0.696 bits per heavy atom. The van der Waals surface area contributed by atoms with E-state index in [0.29, 0.717) is 0 Å². The highest BCUT2D eigenvalue weighted by Crippen LogP contribution is 2.36. The van der Waals surface area contributed by atoms with E-state index in [1.807, 2.05) is 0 Å². The third-order valence-corrected chi connectivity index (χ3v) is 6.37. The van der Waals surface area contributed by atoms with Gasteiger partial charge in [0.1, 0.15) is 5.75 Å². The minimum Gasteiger partial charge on any atom is -0.497 e. The smallest absolute Gasteiger partial charge is 0.172 e. The molecule has 0 aromatic heterocycles. The summed E-state index contributed by atoms with van der Waals surface area (Å²) in [5, 5.41) is 0. The first-order chi connectivity index (χ1) is 11.2. The molecule has 0 N–H and O–H groups in total. The fraction of sp³-hybridized carbons (Fsp3) is 0.143. The molecule has 0 atom stereocenters. The van der Waals surface area contributed by atoms with Gasteiger partial charge in [0.05, 0.1) is 18.0 Å². The molecule has 3 aromatic rings. The minimum atomic E-state index is -0.104. The molecule has 2 heteroatoms. The first-order valence-corrected chi connectivity index (χ1v) is 8.93. The molecule has 0 spiro atoms. The maximum Gasteiger partial charge on any atom is 0.172 e. The van der Waals surface area contributed by atoms with Crippen LogP contribution in [0.5, 0.6) is 5.75 Å². The molecular formula is C21H21OS+. The molecule has 0 unspecified atom stereocenters. The molecule has 3 aromatic carbocycles. The summed E-state index contributed by atoms with van der Waals surface area (Å²) in [4.78, 5) is 4.08. The van der Waals surface area contributed by atoms with Crippen LogP contribution in [0, 0.1) is 13.8 Å². The summed E-state index contributed by atoms with van der Waals surface area (Å²) >= 11 is 0. The van der Waals surface area contributed by atoms with Crippen molar-refractivity contribution < 1.29 is 4.74 Å². The van der Waals surface area contributed by atoms with Gasteiger partial charge < -0.3 is 4.74 Å². The first-order valence-electron chi connectivity index (χ1n) is 7.70. The Bertz CT molecular complexity index is 719. The number of aryl methyl sites for hydroxylation is 2. The maximum atomic E-state index is 5.43. The van der Waals surface area contributed by atoms with E-state index in [2.05, 4.69) is 86.6 Å². The average molecular weight is 321 g/mol. The molecule has 116 valence electrons. The summed E-state index contributed by atoms with van der Waals surface area (Å²) < 4.78 is 5.43. The predicted octanol–water partition coefficient (Wildman–Crippen LogP) is 5.41. The molecule has 0 fully saturated rings. The zero-order valence-electron chi connectivity index (χ0n) is 13.7. The fourth-order valence-electron chi connectivity index (χ4n) is 2.84. The lowest BCUT2D eigenvalue weighted by Gasteiger charge is -2.14. The van der Waals surface area contributed by atoms with Crippen molar-refractivity contribution in [2.75, 3.05) is 7.11 Å². The Morgan fingerprint density at radius 2 is 1.13 bits per heavy atom. The number of benzene rings is 3. The van der Waals surface area contributed by atoms with Crippen LogP contribution in [0.2, 0.25) is 0 Å². The van der Waals surface area contributed by atoms with Crippen molar-refractivity contribution in [2.24, 2.45) is 0 Å². The van der Waals surface area contributed by atoms with Crippen molar-refractivity contribution in [1.29, 1.82) is 0 Å². The van der Waals surface area contributed by atoms with Crippen LogP contribution >= 0.6 is 0 Å².